The molecule has 4 aromatic rings. The van der Waals surface area contributed by atoms with Crippen molar-refractivity contribution in [2.24, 2.45) is 0 Å². The number of aromatic nitrogens is 3. The first kappa shape index (κ1) is 19.0. The highest BCUT2D eigenvalue weighted by atomic mass is 35.5. The van der Waals surface area contributed by atoms with Gasteiger partial charge in [0, 0.05) is 23.1 Å². The number of nitrogen functional groups attached to an aromatic ring is 1. The number of hydrogen-bond donors (Lipinski definition) is 2. The third-order valence-electron chi connectivity index (χ3n) is 4.83. The first-order chi connectivity index (χ1) is 14.0. The Hall–Kier alpha value is -3.38. The van der Waals surface area contributed by atoms with Gasteiger partial charge in [-0.15, -0.1) is 0 Å². The van der Waals surface area contributed by atoms with Crippen molar-refractivity contribution < 1.29 is 0 Å². The molecule has 0 fully saturated rings. The van der Waals surface area contributed by atoms with E-state index in [0.29, 0.717) is 16.2 Å². The summed E-state index contributed by atoms with van der Waals surface area (Å²) in [6, 6.07) is 16.7. The molecule has 2 aromatic heterocycles. The second kappa shape index (κ2) is 7.56. The Kier molecular flexibility index (Phi) is 4.94. The average Bonchev–Trinajstić information content (AvgIpc) is 2.71. The highest BCUT2D eigenvalue weighted by molar-refractivity contribution is 6.35. The minimum Gasteiger partial charge on any atom is -0.368 e. The molecule has 7 heteroatoms. The Bertz CT molecular complexity index is 1250. The Morgan fingerprint density at radius 2 is 1.90 bits per heavy atom. The maximum Gasteiger partial charge on any atom is 0.264 e. The van der Waals surface area contributed by atoms with Crippen LogP contribution in [0.25, 0.3) is 16.5 Å². The van der Waals surface area contributed by atoms with Gasteiger partial charge in [0.05, 0.1) is 16.5 Å². The van der Waals surface area contributed by atoms with Crippen molar-refractivity contribution >= 4 is 34.1 Å². The SMILES string of the molecule is Cc1cnc(N)nc1NC(C)c1cc2cccc(Cl)c2c(=O)n1-c1ccccc1. The van der Waals surface area contributed by atoms with Crippen LogP contribution in [0.1, 0.15) is 24.2 Å². The molecular weight excluding hydrogens is 386 g/mol. The van der Waals surface area contributed by atoms with Crippen LogP contribution in [0, 0.1) is 6.92 Å². The fourth-order valence-corrected chi connectivity index (χ4v) is 3.65. The Morgan fingerprint density at radius 3 is 2.66 bits per heavy atom. The smallest absolute Gasteiger partial charge is 0.264 e. The molecule has 0 aliphatic rings. The second-order valence-electron chi connectivity index (χ2n) is 6.88. The van der Waals surface area contributed by atoms with E-state index in [1.54, 1.807) is 16.8 Å². The minimum atomic E-state index is -0.237. The molecule has 3 N–H and O–H groups in total. The first-order valence-electron chi connectivity index (χ1n) is 9.21. The summed E-state index contributed by atoms with van der Waals surface area (Å²) in [4.78, 5) is 21.7. The lowest BCUT2D eigenvalue weighted by Crippen LogP contribution is -2.26. The summed E-state index contributed by atoms with van der Waals surface area (Å²) in [5, 5.41) is 5.08. The number of anilines is 2. The van der Waals surface area contributed by atoms with Gasteiger partial charge in [0.15, 0.2) is 0 Å². The predicted octanol–water partition coefficient (Wildman–Crippen LogP) is 4.50. The number of nitrogens with zero attached hydrogens (tertiary/aromatic N) is 3. The fourth-order valence-electron chi connectivity index (χ4n) is 3.38. The molecule has 0 saturated carbocycles. The maximum absolute atomic E-state index is 13.5. The monoisotopic (exact) mass is 405 g/mol. The summed E-state index contributed by atoms with van der Waals surface area (Å²) in [5.74, 6) is 0.819. The Labute approximate surface area is 173 Å². The molecule has 4 rings (SSSR count). The number of para-hydroxylation sites is 1. The largest absolute Gasteiger partial charge is 0.368 e. The van der Waals surface area contributed by atoms with Crippen molar-refractivity contribution in [2.75, 3.05) is 11.1 Å². The molecule has 0 bridgehead atoms. The van der Waals surface area contributed by atoms with Crippen LogP contribution in [0.3, 0.4) is 0 Å². The van der Waals surface area contributed by atoms with Crippen molar-refractivity contribution in [3.8, 4) is 5.69 Å². The summed E-state index contributed by atoms with van der Waals surface area (Å²) in [6.45, 7) is 3.88. The summed E-state index contributed by atoms with van der Waals surface area (Å²) < 4.78 is 1.69. The fraction of sp³-hybridized carbons (Fsp3) is 0.136. The zero-order valence-corrected chi connectivity index (χ0v) is 16.8. The van der Waals surface area contributed by atoms with Crippen LogP contribution in [0.4, 0.5) is 11.8 Å². The van der Waals surface area contributed by atoms with Crippen LogP contribution in [-0.4, -0.2) is 14.5 Å². The van der Waals surface area contributed by atoms with Crippen LogP contribution in [-0.2, 0) is 0 Å². The lowest BCUT2D eigenvalue weighted by atomic mass is 10.1. The average molecular weight is 406 g/mol. The number of nitrogens with one attached hydrogen (secondary N) is 1. The molecule has 0 radical (unpaired) electrons. The number of fused-ring (bicyclic) bond motifs is 1. The minimum absolute atomic E-state index is 0.165. The number of rotatable bonds is 4. The van der Waals surface area contributed by atoms with Crippen molar-refractivity contribution in [1.82, 2.24) is 14.5 Å². The van der Waals surface area contributed by atoms with E-state index >= 15 is 0 Å². The number of halogens is 1. The van der Waals surface area contributed by atoms with Gasteiger partial charge in [0.2, 0.25) is 5.95 Å². The van der Waals surface area contributed by atoms with E-state index in [2.05, 4.69) is 15.3 Å². The van der Waals surface area contributed by atoms with Gasteiger partial charge in [-0.3, -0.25) is 9.36 Å². The topological polar surface area (TPSA) is 85.8 Å². The van der Waals surface area contributed by atoms with Crippen LogP contribution in [0.2, 0.25) is 5.02 Å². The lowest BCUT2D eigenvalue weighted by molar-refractivity contribution is 0.772. The van der Waals surface area contributed by atoms with Gasteiger partial charge in [-0.05, 0) is 43.5 Å². The van der Waals surface area contributed by atoms with Crippen molar-refractivity contribution in [1.29, 1.82) is 0 Å². The van der Waals surface area contributed by atoms with Gasteiger partial charge >= 0.3 is 0 Å². The molecule has 1 atom stereocenters. The van der Waals surface area contributed by atoms with Crippen LogP contribution in [0.15, 0.2) is 65.6 Å². The molecule has 0 amide bonds. The maximum atomic E-state index is 13.5. The number of benzene rings is 2. The molecule has 0 aliphatic heterocycles. The van der Waals surface area contributed by atoms with E-state index in [1.807, 2.05) is 62.4 Å². The number of hydrogen-bond acceptors (Lipinski definition) is 5. The summed E-state index contributed by atoms with van der Waals surface area (Å²) in [7, 11) is 0. The number of nitrogens with two attached hydrogens (primary N) is 1. The molecule has 2 heterocycles. The van der Waals surface area contributed by atoms with E-state index < -0.39 is 0 Å². The van der Waals surface area contributed by atoms with Gasteiger partial charge < -0.3 is 11.1 Å². The van der Waals surface area contributed by atoms with E-state index in [0.717, 1.165) is 22.3 Å². The highest BCUT2D eigenvalue weighted by Crippen LogP contribution is 2.27. The van der Waals surface area contributed by atoms with Gasteiger partial charge in [0.25, 0.3) is 5.56 Å². The molecule has 1 unspecified atom stereocenters. The standard InChI is InChI=1S/C22H20ClN5O/c1-13-12-25-22(24)27-20(13)26-14(2)18-11-15-7-6-10-17(23)19(15)21(29)28(18)16-8-4-3-5-9-16/h3-12,14H,1-2H3,(H3,24,25,26,27). The molecule has 0 aliphatic carbocycles. The molecule has 6 nitrogen and oxygen atoms in total. The third kappa shape index (κ3) is 3.54. The first-order valence-corrected chi connectivity index (χ1v) is 9.59. The summed E-state index contributed by atoms with van der Waals surface area (Å²) in [6.07, 6.45) is 1.67. The van der Waals surface area contributed by atoms with E-state index in [9.17, 15) is 4.79 Å². The zero-order valence-electron chi connectivity index (χ0n) is 16.1. The highest BCUT2D eigenvalue weighted by Gasteiger charge is 2.18. The molecule has 2 aromatic carbocycles. The molecule has 0 saturated heterocycles. The van der Waals surface area contributed by atoms with Gasteiger partial charge in [0.1, 0.15) is 5.82 Å². The second-order valence-corrected chi connectivity index (χ2v) is 7.28. The zero-order chi connectivity index (χ0) is 20.5. The molecule has 0 spiro atoms. The normalized spacial score (nSPS) is 12.1. The van der Waals surface area contributed by atoms with E-state index in [-0.39, 0.29) is 17.5 Å². The molecule has 29 heavy (non-hydrogen) atoms. The quantitative estimate of drug-likeness (QED) is 0.522. The van der Waals surface area contributed by atoms with Crippen molar-refractivity contribution in [2.45, 2.75) is 19.9 Å². The van der Waals surface area contributed by atoms with Crippen molar-refractivity contribution in [3.63, 3.8) is 0 Å². The van der Waals surface area contributed by atoms with Crippen LogP contribution >= 0.6 is 11.6 Å². The summed E-state index contributed by atoms with van der Waals surface area (Å²) >= 11 is 6.36. The lowest BCUT2D eigenvalue weighted by Gasteiger charge is -2.22. The Balaban J connectivity index is 1.93. The van der Waals surface area contributed by atoms with Gasteiger partial charge in [-0.1, -0.05) is 41.9 Å². The van der Waals surface area contributed by atoms with Gasteiger partial charge in [-0.25, -0.2) is 4.98 Å². The van der Waals surface area contributed by atoms with E-state index in [4.69, 9.17) is 17.3 Å². The van der Waals surface area contributed by atoms with E-state index in [1.165, 1.54) is 0 Å². The van der Waals surface area contributed by atoms with Crippen LogP contribution < -0.4 is 16.6 Å². The molecular formula is C22H20ClN5O. The third-order valence-corrected chi connectivity index (χ3v) is 5.14. The Morgan fingerprint density at radius 1 is 1.14 bits per heavy atom. The summed E-state index contributed by atoms with van der Waals surface area (Å²) in [5.41, 5.74) is 8.00. The van der Waals surface area contributed by atoms with Crippen molar-refractivity contribution in [3.05, 3.63) is 87.4 Å². The van der Waals surface area contributed by atoms with Gasteiger partial charge in [-0.2, -0.15) is 4.98 Å². The number of aryl methyl sites for hydroxylation is 1. The number of pyridine rings is 1. The van der Waals surface area contributed by atoms with Crippen LogP contribution in [0.5, 0.6) is 0 Å². The predicted molar refractivity (Wildman–Crippen MR) is 118 cm³/mol. The molecule has 146 valence electrons.